The second kappa shape index (κ2) is 7.81. The molecule has 11 heteroatoms. The lowest BCUT2D eigenvalue weighted by Crippen LogP contribution is -2.42. The molecule has 0 spiro atoms. The number of carbonyl (C=O) groups excluding carboxylic acids is 3. The average Bonchev–Trinajstić information content (AvgIpc) is 2.87. The topological polar surface area (TPSA) is 78.5 Å². The van der Waals surface area contributed by atoms with Gasteiger partial charge in [0.2, 0.25) is 5.91 Å². The van der Waals surface area contributed by atoms with Crippen LogP contribution in [-0.2, 0) is 21.3 Å². The maximum atomic E-state index is 12.8. The number of amides is 4. The van der Waals surface area contributed by atoms with Crippen molar-refractivity contribution in [3.05, 3.63) is 63.6 Å². The van der Waals surface area contributed by atoms with Crippen molar-refractivity contribution in [1.29, 1.82) is 0 Å². The molecule has 1 aliphatic heterocycles. The van der Waals surface area contributed by atoms with Crippen LogP contribution in [-0.4, -0.2) is 29.3 Å². The number of nitrogens with zero attached hydrogens (tertiary/aromatic N) is 1. The zero-order chi connectivity index (χ0) is 22.3. The first-order valence-corrected chi connectivity index (χ1v) is 9.24. The van der Waals surface area contributed by atoms with Crippen LogP contribution < -0.4 is 10.6 Å². The molecule has 1 aliphatic rings. The molecular weight excluding hydrogens is 446 g/mol. The van der Waals surface area contributed by atoms with Gasteiger partial charge in [0.05, 0.1) is 15.6 Å². The zero-order valence-electron chi connectivity index (χ0n) is 15.3. The largest absolute Gasteiger partial charge is 0.416 e. The van der Waals surface area contributed by atoms with Crippen molar-refractivity contribution in [1.82, 2.24) is 10.2 Å². The summed E-state index contributed by atoms with van der Waals surface area (Å²) < 4.78 is 37.8. The first-order chi connectivity index (χ1) is 13.9. The lowest BCUT2D eigenvalue weighted by atomic mass is 9.92. The number of rotatable bonds is 4. The van der Waals surface area contributed by atoms with Gasteiger partial charge in [-0.25, -0.2) is 4.79 Å². The molecular formula is C19H14Cl2F3N3O3. The summed E-state index contributed by atoms with van der Waals surface area (Å²) in [4.78, 5) is 38.1. The van der Waals surface area contributed by atoms with Crippen LogP contribution >= 0.6 is 23.2 Å². The van der Waals surface area contributed by atoms with Crippen LogP contribution in [0.1, 0.15) is 18.1 Å². The number of hydrogen-bond acceptors (Lipinski definition) is 3. The smallest absolute Gasteiger partial charge is 0.325 e. The van der Waals surface area contributed by atoms with E-state index in [2.05, 4.69) is 10.6 Å². The molecule has 6 nitrogen and oxygen atoms in total. The highest BCUT2D eigenvalue weighted by Gasteiger charge is 2.49. The molecule has 1 atom stereocenters. The standard InChI is InChI=1S/C19H14Cl2F3N3O3/c1-18(11-4-7-13(20)14(21)8-11)16(29)27(17(30)26-18)9-15(28)25-12-5-2-10(3-6-12)19(22,23)24/h2-8H,9H2,1H3,(H,25,28)(H,26,30). The predicted octanol–water partition coefficient (Wildman–Crippen LogP) is 4.42. The van der Waals surface area contributed by atoms with Gasteiger partial charge >= 0.3 is 12.2 Å². The van der Waals surface area contributed by atoms with E-state index in [1.165, 1.54) is 25.1 Å². The SMILES string of the molecule is CC1(c2ccc(Cl)c(Cl)c2)NC(=O)N(CC(=O)Nc2ccc(C(F)(F)F)cc2)C1=O. The van der Waals surface area contributed by atoms with E-state index in [-0.39, 0.29) is 15.7 Å². The minimum atomic E-state index is -4.50. The molecule has 3 rings (SSSR count). The Morgan fingerprint density at radius 1 is 1.10 bits per heavy atom. The number of benzene rings is 2. The Morgan fingerprint density at radius 2 is 1.73 bits per heavy atom. The molecule has 0 aliphatic carbocycles. The fraction of sp³-hybridized carbons (Fsp3) is 0.211. The number of anilines is 1. The molecule has 2 aromatic rings. The second-order valence-electron chi connectivity index (χ2n) is 6.70. The van der Waals surface area contributed by atoms with E-state index in [0.29, 0.717) is 10.5 Å². The molecule has 158 valence electrons. The molecule has 2 N–H and O–H groups in total. The Labute approximate surface area is 178 Å². The van der Waals surface area contributed by atoms with E-state index in [1.54, 1.807) is 0 Å². The van der Waals surface area contributed by atoms with Crippen molar-refractivity contribution in [2.45, 2.75) is 18.6 Å². The fourth-order valence-electron chi connectivity index (χ4n) is 2.93. The first kappa shape index (κ1) is 21.9. The maximum absolute atomic E-state index is 12.8. The number of imide groups is 1. The molecule has 0 bridgehead atoms. The third kappa shape index (κ3) is 4.22. The Kier molecular flexibility index (Phi) is 5.70. The summed E-state index contributed by atoms with van der Waals surface area (Å²) in [6.45, 7) is 0.836. The summed E-state index contributed by atoms with van der Waals surface area (Å²) in [5, 5.41) is 5.33. The van der Waals surface area contributed by atoms with E-state index in [4.69, 9.17) is 23.2 Å². The van der Waals surface area contributed by atoms with Gasteiger partial charge in [-0.05, 0) is 48.9 Å². The lowest BCUT2D eigenvalue weighted by Gasteiger charge is -2.22. The Bertz CT molecular complexity index is 1030. The van der Waals surface area contributed by atoms with E-state index < -0.39 is 41.7 Å². The first-order valence-electron chi connectivity index (χ1n) is 8.48. The minimum absolute atomic E-state index is 0.0901. The molecule has 4 amide bonds. The molecule has 1 heterocycles. The average molecular weight is 460 g/mol. The van der Waals surface area contributed by atoms with Gasteiger partial charge in [0.15, 0.2) is 0 Å². The number of carbonyl (C=O) groups is 3. The minimum Gasteiger partial charge on any atom is -0.325 e. The van der Waals surface area contributed by atoms with Crippen LogP contribution in [0.3, 0.4) is 0 Å². The molecule has 2 aromatic carbocycles. The molecule has 0 radical (unpaired) electrons. The highest BCUT2D eigenvalue weighted by molar-refractivity contribution is 6.42. The van der Waals surface area contributed by atoms with Crippen LogP contribution in [0.5, 0.6) is 0 Å². The van der Waals surface area contributed by atoms with Gasteiger partial charge in [-0.15, -0.1) is 0 Å². The summed E-state index contributed by atoms with van der Waals surface area (Å²) in [5.74, 6) is -1.44. The van der Waals surface area contributed by atoms with Crippen molar-refractivity contribution < 1.29 is 27.6 Å². The van der Waals surface area contributed by atoms with Gasteiger partial charge in [0, 0.05) is 5.69 Å². The quantitative estimate of drug-likeness (QED) is 0.664. The summed E-state index contributed by atoms with van der Waals surface area (Å²) in [6, 6.07) is 7.42. The van der Waals surface area contributed by atoms with Gasteiger partial charge in [-0.1, -0.05) is 29.3 Å². The van der Waals surface area contributed by atoms with Gasteiger partial charge in [0.1, 0.15) is 12.1 Å². The third-order valence-corrected chi connectivity index (χ3v) is 5.31. The fourth-order valence-corrected chi connectivity index (χ4v) is 3.23. The van der Waals surface area contributed by atoms with Gasteiger partial charge < -0.3 is 10.6 Å². The van der Waals surface area contributed by atoms with Crippen LogP contribution in [0.4, 0.5) is 23.7 Å². The van der Waals surface area contributed by atoms with E-state index in [1.807, 2.05) is 0 Å². The van der Waals surface area contributed by atoms with E-state index >= 15 is 0 Å². The number of alkyl halides is 3. The molecule has 1 saturated heterocycles. The van der Waals surface area contributed by atoms with Crippen molar-refractivity contribution in [3.8, 4) is 0 Å². The maximum Gasteiger partial charge on any atom is 0.416 e. The number of halogens is 5. The summed E-state index contributed by atoms with van der Waals surface area (Å²) >= 11 is 11.9. The summed E-state index contributed by atoms with van der Waals surface area (Å²) in [5.41, 5.74) is -1.86. The molecule has 0 aromatic heterocycles. The van der Waals surface area contributed by atoms with Gasteiger partial charge in [-0.2, -0.15) is 13.2 Å². The van der Waals surface area contributed by atoms with Crippen LogP contribution in [0.25, 0.3) is 0 Å². The van der Waals surface area contributed by atoms with E-state index in [0.717, 1.165) is 24.3 Å². The van der Waals surface area contributed by atoms with Crippen LogP contribution in [0.2, 0.25) is 10.0 Å². The van der Waals surface area contributed by atoms with E-state index in [9.17, 15) is 27.6 Å². The van der Waals surface area contributed by atoms with Gasteiger partial charge in [0.25, 0.3) is 5.91 Å². The Balaban J connectivity index is 1.72. The lowest BCUT2D eigenvalue weighted by molar-refractivity contribution is -0.137. The van der Waals surface area contributed by atoms with Crippen LogP contribution in [0.15, 0.2) is 42.5 Å². The van der Waals surface area contributed by atoms with Crippen molar-refractivity contribution in [2.24, 2.45) is 0 Å². The highest BCUT2D eigenvalue weighted by atomic mass is 35.5. The monoisotopic (exact) mass is 459 g/mol. The second-order valence-corrected chi connectivity index (χ2v) is 7.51. The van der Waals surface area contributed by atoms with Crippen molar-refractivity contribution in [3.63, 3.8) is 0 Å². The number of hydrogen-bond donors (Lipinski definition) is 2. The zero-order valence-corrected chi connectivity index (χ0v) is 16.8. The highest BCUT2D eigenvalue weighted by Crippen LogP contribution is 2.33. The summed E-state index contributed by atoms with van der Waals surface area (Å²) in [7, 11) is 0. The van der Waals surface area contributed by atoms with Crippen LogP contribution in [0, 0.1) is 0 Å². The molecule has 1 unspecified atom stereocenters. The number of nitrogens with one attached hydrogen (secondary N) is 2. The Morgan fingerprint density at radius 3 is 2.30 bits per heavy atom. The predicted molar refractivity (Wildman–Crippen MR) is 104 cm³/mol. The van der Waals surface area contributed by atoms with Crippen molar-refractivity contribution in [2.75, 3.05) is 11.9 Å². The van der Waals surface area contributed by atoms with Gasteiger partial charge in [-0.3, -0.25) is 14.5 Å². The Hall–Kier alpha value is -2.78. The summed E-state index contributed by atoms with van der Waals surface area (Å²) in [6.07, 6.45) is -4.50. The third-order valence-electron chi connectivity index (χ3n) is 4.57. The normalized spacial score (nSPS) is 19.1. The molecule has 30 heavy (non-hydrogen) atoms. The van der Waals surface area contributed by atoms with Crippen molar-refractivity contribution >= 4 is 46.7 Å². The molecule has 1 fully saturated rings. The number of urea groups is 1. The molecule has 0 saturated carbocycles.